The van der Waals surface area contributed by atoms with E-state index in [1.54, 1.807) is 16.6 Å². The van der Waals surface area contributed by atoms with Gasteiger partial charge in [0.25, 0.3) is 5.91 Å². The summed E-state index contributed by atoms with van der Waals surface area (Å²) in [6.45, 7) is 3.87. The van der Waals surface area contributed by atoms with Gasteiger partial charge in [0.2, 0.25) is 0 Å². The highest BCUT2D eigenvalue weighted by atomic mass is 19.2. The van der Waals surface area contributed by atoms with E-state index in [1.807, 2.05) is 13.8 Å². The second-order valence-corrected chi connectivity index (χ2v) is 6.15. The summed E-state index contributed by atoms with van der Waals surface area (Å²) in [5, 5.41) is 4.41. The summed E-state index contributed by atoms with van der Waals surface area (Å²) in [6, 6.07) is 3.73. The van der Waals surface area contributed by atoms with E-state index in [0.29, 0.717) is 11.4 Å². The van der Waals surface area contributed by atoms with E-state index in [2.05, 4.69) is 5.10 Å². The number of nitrogens with zero attached hydrogens (tertiary/aromatic N) is 3. The molecule has 1 aromatic heterocycles. The molecule has 4 nitrogen and oxygen atoms in total. The second-order valence-electron chi connectivity index (χ2n) is 6.15. The number of fused-ring (bicyclic) bond motifs is 1. The number of aromatic nitrogens is 2. The quantitative estimate of drug-likeness (QED) is 0.872. The molecule has 0 N–H and O–H groups in total. The van der Waals surface area contributed by atoms with Crippen LogP contribution in [0.2, 0.25) is 0 Å². The normalized spacial score (nSPS) is 13.5. The van der Waals surface area contributed by atoms with Gasteiger partial charge < -0.3 is 4.90 Å². The number of benzene rings is 1. The Balaban J connectivity index is 2.08. The van der Waals surface area contributed by atoms with Crippen LogP contribution in [0, 0.1) is 11.6 Å². The maximum Gasteiger partial charge on any atom is 0.274 e. The number of carbonyl (C=O) groups excluding carboxylic acids is 1. The molecule has 1 heterocycles. The van der Waals surface area contributed by atoms with Gasteiger partial charge in [-0.25, -0.2) is 13.5 Å². The third-order valence-electron chi connectivity index (χ3n) is 4.38. The van der Waals surface area contributed by atoms with Crippen molar-refractivity contribution in [1.82, 2.24) is 14.7 Å². The lowest BCUT2D eigenvalue weighted by molar-refractivity contribution is 0.0747. The molecule has 6 heteroatoms. The van der Waals surface area contributed by atoms with Crippen LogP contribution >= 0.6 is 0 Å². The molecule has 0 spiro atoms. The molecular weight excluding hydrogens is 300 g/mol. The molecule has 0 bridgehead atoms. The van der Waals surface area contributed by atoms with E-state index >= 15 is 0 Å². The van der Waals surface area contributed by atoms with E-state index in [9.17, 15) is 13.6 Å². The molecule has 0 saturated carbocycles. The van der Waals surface area contributed by atoms with Crippen molar-refractivity contribution in [3.8, 4) is 5.69 Å². The summed E-state index contributed by atoms with van der Waals surface area (Å²) < 4.78 is 28.3. The maximum atomic E-state index is 13.5. The number of rotatable bonds is 3. The molecule has 0 aliphatic heterocycles. The van der Waals surface area contributed by atoms with Crippen LogP contribution < -0.4 is 0 Å². The van der Waals surface area contributed by atoms with Gasteiger partial charge in [0.05, 0.1) is 5.69 Å². The number of hydrogen-bond donors (Lipinski definition) is 0. The number of halogens is 2. The predicted octanol–water partition coefficient (Wildman–Crippen LogP) is 3.12. The SMILES string of the molecule is CC(C)N(C)C(=O)c1nn(-c2ccc(F)c(F)c2)c2c1CCC2. The average Bonchev–Trinajstić information content (AvgIpc) is 3.10. The van der Waals surface area contributed by atoms with Crippen molar-refractivity contribution in [1.29, 1.82) is 0 Å². The topological polar surface area (TPSA) is 38.1 Å². The molecule has 1 aromatic carbocycles. The standard InChI is InChI=1S/C17H19F2N3O/c1-10(2)21(3)17(23)16-12-5-4-6-15(12)22(20-16)11-7-8-13(18)14(19)9-11/h7-10H,4-6H2,1-3H3. The zero-order chi connectivity index (χ0) is 16.7. The Kier molecular flexibility index (Phi) is 3.92. The van der Waals surface area contributed by atoms with Crippen LogP contribution in [0.1, 0.15) is 42.0 Å². The van der Waals surface area contributed by atoms with Crippen molar-refractivity contribution in [3.05, 3.63) is 46.8 Å². The molecular formula is C17H19F2N3O. The smallest absolute Gasteiger partial charge is 0.274 e. The van der Waals surface area contributed by atoms with Gasteiger partial charge in [0.15, 0.2) is 17.3 Å². The van der Waals surface area contributed by atoms with Crippen LogP contribution in [0.3, 0.4) is 0 Å². The van der Waals surface area contributed by atoms with Gasteiger partial charge in [-0.3, -0.25) is 4.79 Å². The number of amides is 1. The fourth-order valence-electron chi connectivity index (χ4n) is 2.84. The van der Waals surface area contributed by atoms with Gasteiger partial charge in [-0.2, -0.15) is 5.10 Å². The monoisotopic (exact) mass is 319 g/mol. The second kappa shape index (κ2) is 5.76. The van der Waals surface area contributed by atoms with Gasteiger partial charge in [0, 0.05) is 30.4 Å². The lowest BCUT2D eigenvalue weighted by atomic mass is 10.1. The molecule has 122 valence electrons. The van der Waals surface area contributed by atoms with Crippen LogP contribution in [0.25, 0.3) is 5.69 Å². The van der Waals surface area contributed by atoms with Crippen molar-refractivity contribution in [2.75, 3.05) is 7.05 Å². The van der Waals surface area contributed by atoms with Gasteiger partial charge in [-0.1, -0.05) is 0 Å². The summed E-state index contributed by atoms with van der Waals surface area (Å²) in [5.74, 6) is -1.95. The van der Waals surface area contributed by atoms with Crippen molar-refractivity contribution >= 4 is 5.91 Å². The Morgan fingerprint density at radius 1 is 1.26 bits per heavy atom. The highest BCUT2D eigenvalue weighted by molar-refractivity contribution is 5.94. The fraction of sp³-hybridized carbons (Fsp3) is 0.412. The zero-order valence-corrected chi connectivity index (χ0v) is 13.4. The third-order valence-corrected chi connectivity index (χ3v) is 4.38. The Labute approximate surface area is 133 Å². The molecule has 1 amide bonds. The molecule has 1 aliphatic carbocycles. The van der Waals surface area contributed by atoms with Crippen LogP contribution in [0.5, 0.6) is 0 Å². The number of carbonyl (C=O) groups is 1. The summed E-state index contributed by atoms with van der Waals surface area (Å²) in [4.78, 5) is 14.3. The van der Waals surface area contributed by atoms with Gasteiger partial charge in [-0.15, -0.1) is 0 Å². The van der Waals surface area contributed by atoms with Gasteiger partial charge in [-0.05, 0) is 45.2 Å². The Morgan fingerprint density at radius 2 is 2.00 bits per heavy atom. The maximum absolute atomic E-state index is 13.5. The van der Waals surface area contributed by atoms with Crippen LogP contribution in [-0.4, -0.2) is 33.7 Å². The van der Waals surface area contributed by atoms with Crippen LogP contribution in [-0.2, 0) is 12.8 Å². The molecule has 0 unspecified atom stereocenters. The minimum absolute atomic E-state index is 0.0629. The molecule has 0 saturated heterocycles. The fourth-order valence-corrected chi connectivity index (χ4v) is 2.84. The molecule has 23 heavy (non-hydrogen) atoms. The van der Waals surface area contributed by atoms with Crippen molar-refractivity contribution < 1.29 is 13.6 Å². The third kappa shape index (κ3) is 2.62. The Hall–Kier alpha value is -2.24. The molecule has 0 radical (unpaired) electrons. The zero-order valence-electron chi connectivity index (χ0n) is 13.4. The Morgan fingerprint density at radius 3 is 2.65 bits per heavy atom. The van der Waals surface area contributed by atoms with E-state index < -0.39 is 11.6 Å². The number of hydrogen-bond acceptors (Lipinski definition) is 2. The van der Waals surface area contributed by atoms with Gasteiger partial charge in [0.1, 0.15) is 0 Å². The highest BCUT2D eigenvalue weighted by Crippen LogP contribution is 2.29. The lowest BCUT2D eigenvalue weighted by Gasteiger charge is -2.20. The van der Waals surface area contributed by atoms with Crippen LogP contribution in [0.4, 0.5) is 8.78 Å². The first-order chi connectivity index (χ1) is 10.9. The summed E-state index contributed by atoms with van der Waals surface area (Å²) in [5.41, 5.74) is 2.69. The van der Waals surface area contributed by atoms with Crippen molar-refractivity contribution in [2.45, 2.75) is 39.2 Å². The predicted molar refractivity (Wildman–Crippen MR) is 82.7 cm³/mol. The highest BCUT2D eigenvalue weighted by Gasteiger charge is 2.29. The lowest BCUT2D eigenvalue weighted by Crippen LogP contribution is -2.33. The summed E-state index contributed by atoms with van der Waals surface area (Å²) in [6.07, 6.45) is 2.49. The molecule has 1 aliphatic rings. The first-order valence-electron chi connectivity index (χ1n) is 7.73. The minimum Gasteiger partial charge on any atom is -0.338 e. The van der Waals surface area contributed by atoms with Crippen LogP contribution in [0.15, 0.2) is 18.2 Å². The molecule has 0 atom stereocenters. The van der Waals surface area contributed by atoms with Crippen molar-refractivity contribution in [2.24, 2.45) is 0 Å². The molecule has 3 rings (SSSR count). The Bertz CT molecular complexity index is 767. The summed E-state index contributed by atoms with van der Waals surface area (Å²) >= 11 is 0. The first-order valence-corrected chi connectivity index (χ1v) is 7.73. The minimum atomic E-state index is -0.920. The van der Waals surface area contributed by atoms with E-state index in [1.165, 1.54) is 6.07 Å². The van der Waals surface area contributed by atoms with E-state index in [4.69, 9.17) is 0 Å². The summed E-state index contributed by atoms with van der Waals surface area (Å²) in [7, 11) is 1.74. The molecule has 0 fully saturated rings. The van der Waals surface area contributed by atoms with E-state index in [0.717, 1.165) is 42.7 Å². The molecule has 2 aromatic rings. The van der Waals surface area contributed by atoms with Crippen molar-refractivity contribution in [3.63, 3.8) is 0 Å². The van der Waals surface area contributed by atoms with E-state index in [-0.39, 0.29) is 11.9 Å². The first kappa shape index (κ1) is 15.6. The average molecular weight is 319 g/mol. The van der Waals surface area contributed by atoms with Gasteiger partial charge >= 0.3 is 0 Å². The largest absolute Gasteiger partial charge is 0.338 e.